The third-order valence-electron chi connectivity index (χ3n) is 4.27. The summed E-state index contributed by atoms with van der Waals surface area (Å²) in [5.41, 5.74) is 1.71. The Morgan fingerprint density at radius 2 is 2.04 bits per heavy atom. The van der Waals surface area contributed by atoms with Gasteiger partial charge >= 0.3 is 5.97 Å². The molecule has 1 atom stereocenters. The van der Waals surface area contributed by atoms with Gasteiger partial charge in [0.05, 0.1) is 28.2 Å². The van der Waals surface area contributed by atoms with Crippen LogP contribution < -0.4 is 0 Å². The maximum absolute atomic E-state index is 12.9. The summed E-state index contributed by atoms with van der Waals surface area (Å²) in [5, 5.41) is 14.1. The number of amides is 1. The second kappa shape index (κ2) is 6.28. The van der Waals surface area contributed by atoms with Crippen LogP contribution in [0, 0.1) is 6.92 Å². The number of rotatable bonds is 5. The number of hydrogen-bond acceptors (Lipinski definition) is 3. The van der Waals surface area contributed by atoms with E-state index in [0.29, 0.717) is 22.0 Å². The number of benzene rings is 1. The summed E-state index contributed by atoms with van der Waals surface area (Å²) in [6.07, 6.45) is 3.15. The predicted molar refractivity (Wildman–Crippen MR) is 89.6 cm³/mol. The summed E-state index contributed by atoms with van der Waals surface area (Å²) in [6.45, 7) is 3.31. The molecule has 0 saturated heterocycles. The lowest BCUT2D eigenvalue weighted by Crippen LogP contribution is -2.44. The second-order valence-corrected chi connectivity index (χ2v) is 6.37. The molecule has 1 amide bonds. The van der Waals surface area contributed by atoms with Gasteiger partial charge in [0.1, 0.15) is 6.04 Å². The van der Waals surface area contributed by atoms with Crippen molar-refractivity contribution >= 4 is 23.5 Å². The van der Waals surface area contributed by atoms with Crippen molar-refractivity contribution in [3.05, 3.63) is 46.7 Å². The molecule has 1 aromatic carbocycles. The molecule has 0 aliphatic heterocycles. The van der Waals surface area contributed by atoms with E-state index in [1.807, 2.05) is 18.2 Å². The molecular weight excluding hydrogens is 330 g/mol. The highest BCUT2D eigenvalue weighted by molar-refractivity contribution is 6.32. The molecule has 1 heterocycles. The fourth-order valence-corrected chi connectivity index (χ4v) is 2.97. The zero-order chi connectivity index (χ0) is 17.4. The van der Waals surface area contributed by atoms with Crippen molar-refractivity contribution in [2.45, 2.75) is 38.8 Å². The maximum atomic E-state index is 12.9. The van der Waals surface area contributed by atoms with E-state index < -0.39 is 12.0 Å². The molecule has 0 spiro atoms. The molecule has 1 fully saturated rings. The Balaban J connectivity index is 1.97. The molecule has 6 nitrogen and oxygen atoms in total. The monoisotopic (exact) mass is 347 g/mol. The SMILES string of the molecule is Cc1c(C(=O)N(C2CC2)C(C)C(=O)O)cnn1-c1ccccc1Cl. The first-order valence-corrected chi connectivity index (χ1v) is 8.14. The van der Waals surface area contributed by atoms with E-state index in [0.717, 1.165) is 12.8 Å². The van der Waals surface area contributed by atoms with Crippen LogP contribution in [0.25, 0.3) is 5.69 Å². The molecule has 1 unspecified atom stereocenters. The molecule has 0 radical (unpaired) electrons. The summed E-state index contributed by atoms with van der Waals surface area (Å²) >= 11 is 6.20. The zero-order valence-electron chi connectivity index (χ0n) is 13.4. The summed E-state index contributed by atoms with van der Waals surface area (Å²) in [6, 6.07) is 6.35. The Labute approximate surface area is 144 Å². The lowest BCUT2D eigenvalue weighted by atomic mass is 10.1. The first-order valence-electron chi connectivity index (χ1n) is 7.76. The van der Waals surface area contributed by atoms with Gasteiger partial charge in [0, 0.05) is 6.04 Å². The standard InChI is InChI=1S/C17H18ClN3O3/c1-10-13(9-19-21(10)15-6-4-3-5-14(15)18)16(22)20(12-7-8-12)11(2)17(23)24/h3-6,9,11-12H,7-8H2,1-2H3,(H,23,24). The van der Waals surface area contributed by atoms with E-state index in [1.54, 1.807) is 17.7 Å². The summed E-state index contributed by atoms with van der Waals surface area (Å²) in [7, 11) is 0. The van der Waals surface area contributed by atoms with Gasteiger partial charge in [-0.3, -0.25) is 4.79 Å². The molecular formula is C17H18ClN3O3. The number of nitrogens with zero attached hydrogens (tertiary/aromatic N) is 3. The van der Waals surface area contributed by atoms with Gasteiger partial charge in [0.2, 0.25) is 0 Å². The van der Waals surface area contributed by atoms with E-state index >= 15 is 0 Å². The largest absolute Gasteiger partial charge is 0.480 e. The first kappa shape index (κ1) is 16.5. The number of carboxylic acid groups (broad SMARTS) is 1. The summed E-state index contributed by atoms with van der Waals surface area (Å²) < 4.78 is 1.60. The van der Waals surface area contributed by atoms with E-state index in [1.165, 1.54) is 18.0 Å². The van der Waals surface area contributed by atoms with Gasteiger partial charge in [-0.1, -0.05) is 23.7 Å². The van der Waals surface area contributed by atoms with Crippen molar-refractivity contribution in [3.63, 3.8) is 0 Å². The Kier molecular flexibility index (Phi) is 4.32. The van der Waals surface area contributed by atoms with Crippen LogP contribution in [0.5, 0.6) is 0 Å². The van der Waals surface area contributed by atoms with Crippen LogP contribution in [0.15, 0.2) is 30.5 Å². The number of carboxylic acids is 1. The van der Waals surface area contributed by atoms with Crippen LogP contribution in [-0.2, 0) is 4.79 Å². The number of hydrogen-bond donors (Lipinski definition) is 1. The van der Waals surface area contributed by atoms with Crippen LogP contribution in [0.4, 0.5) is 0 Å². The lowest BCUT2D eigenvalue weighted by molar-refractivity contribution is -0.141. The highest BCUT2D eigenvalue weighted by atomic mass is 35.5. The maximum Gasteiger partial charge on any atom is 0.326 e. The number of aromatic nitrogens is 2. The molecule has 24 heavy (non-hydrogen) atoms. The lowest BCUT2D eigenvalue weighted by Gasteiger charge is -2.26. The third-order valence-corrected chi connectivity index (χ3v) is 4.59. The topological polar surface area (TPSA) is 75.4 Å². The highest BCUT2D eigenvalue weighted by Gasteiger charge is 2.39. The minimum absolute atomic E-state index is 0.00772. The Morgan fingerprint density at radius 3 is 2.62 bits per heavy atom. The van der Waals surface area contributed by atoms with Gasteiger partial charge in [-0.2, -0.15) is 5.10 Å². The van der Waals surface area contributed by atoms with E-state index in [2.05, 4.69) is 5.10 Å². The number of carbonyl (C=O) groups excluding carboxylic acids is 1. The predicted octanol–water partition coefficient (Wildman–Crippen LogP) is 2.91. The average molecular weight is 348 g/mol. The molecule has 0 bridgehead atoms. The van der Waals surface area contributed by atoms with Gasteiger partial charge < -0.3 is 10.0 Å². The number of para-hydroxylation sites is 1. The Morgan fingerprint density at radius 1 is 1.38 bits per heavy atom. The molecule has 1 N–H and O–H groups in total. The van der Waals surface area contributed by atoms with Crippen molar-refractivity contribution in [1.82, 2.24) is 14.7 Å². The fourth-order valence-electron chi connectivity index (χ4n) is 2.75. The van der Waals surface area contributed by atoms with Crippen LogP contribution in [0.1, 0.15) is 35.8 Å². The van der Waals surface area contributed by atoms with E-state index in [4.69, 9.17) is 11.6 Å². The van der Waals surface area contributed by atoms with Gasteiger partial charge in [-0.25, -0.2) is 9.48 Å². The quantitative estimate of drug-likeness (QED) is 0.902. The molecule has 7 heteroatoms. The molecule has 1 aliphatic carbocycles. The number of aliphatic carboxylic acids is 1. The van der Waals surface area contributed by atoms with Crippen LogP contribution >= 0.6 is 11.6 Å². The normalized spacial score (nSPS) is 15.1. The molecule has 1 saturated carbocycles. The van der Waals surface area contributed by atoms with Crippen molar-refractivity contribution < 1.29 is 14.7 Å². The van der Waals surface area contributed by atoms with Gasteiger partial charge in [0.25, 0.3) is 5.91 Å². The molecule has 1 aliphatic rings. The zero-order valence-corrected chi connectivity index (χ0v) is 14.2. The number of halogens is 1. The first-order chi connectivity index (χ1) is 11.4. The minimum Gasteiger partial charge on any atom is -0.480 e. The fraction of sp³-hybridized carbons (Fsp3) is 0.353. The van der Waals surface area contributed by atoms with E-state index in [-0.39, 0.29) is 11.9 Å². The smallest absolute Gasteiger partial charge is 0.326 e. The van der Waals surface area contributed by atoms with Crippen molar-refractivity contribution in [2.24, 2.45) is 0 Å². The van der Waals surface area contributed by atoms with Crippen LogP contribution in [0.2, 0.25) is 5.02 Å². The summed E-state index contributed by atoms with van der Waals surface area (Å²) in [4.78, 5) is 25.7. The minimum atomic E-state index is -1.01. The second-order valence-electron chi connectivity index (χ2n) is 5.96. The Bertz CT molecular complexity index is 798. The van der Waals surface area contributed by atoms with E-state index in [9.17, 15) is 14.7 Å². The highest BCUT2D eigenvalue weighted by Crippen LogP contribution is 2.31. The average Bonchev–Trinajstić information content (AvgIpc) is 3.30. The molecule has 3 rings (SSSR count). The van der Waals surface area contributed by atoms with Crippen LogP contribution in [-0.4, -0.2) is 43.7 Å². The van der Waals surface area contributed by atoms with Crippen molar-refractivity contribution in [1.29, 1.82) is 0 Å². The number of carbonyl (C=O) groups is 2. The molecule has 126 valence electrons. The molecule has 1 aromatic heterocycles. The van der Waals surface area contributed by atoms with Crippen molar-refractivity contribution in [2.75, 3.05) is 0 Å². The van der Waals surface area contributed by atoms with Gasteiger partial charge in [-0.15, -0.1) is 0 Å². The molecule has 2 aromatic rings. The van der Waals surface area contributed by atoms with Crippen molar-refractivity contribution in [3.8, 4) is 5.69 Å². The summed E-state index contributed by atoms with van der Waals surface area (Å²) in [5.74, 6) is -1.31. The van der Waals surface area contributed by atoms with Crippen LogP contribution in [0.3, 0.4) is 0 Å². The van der Waals surface area contributed by atoms with Gasteiger partial charge in [-0.05, 0) is 38.8 Å². The Hall–Kier alpha value is -2.34. The van der Waals surface area contributed by atoms with Gasteiger partial charge in [0.15, 0.2) is 0 Å². The third kappa shape index (κ3) is 2.89.